The predicted octanol–water partition coefficient (Wildman–Crippen LogP) is 6.32. The number of aryl methyl sites for hydroxylation is 1. The molecule has 1 aliphatic heterocycles. The monoisotopic (exact) mass is 613 g/mol. The number of hydrogen-bond donors (Lipinski definition) is 2. The normalized spacial score (nSPS) is 13.6. The average Bonchev–Trinajstić information content (AvgIpc) is 2.97. The van der Waals surface area contributed by atoms with Crippen LogP contribution in [0.4, 0.5) is 23.7 Å². The highest BCUT2D eigenvalue weighted by atomic mass is 19.4. The van der Waals surface area contributed by atoms with E-state index in [0.29, 0.717) is 60.7 Å². The average molecular weight is 614 g/mol. The first-order valence-corrected chi connectivity index (χ1v) is 14.2. The molecule has 0 spiro atoms. The topological polar surface area (TPSA) is 106 Å². The van der Waals surface area contributed by atoms with Crippen molar-refractivity contribution in [2.24, 2.45) is 0 Å². The summed E-state index contributed by atoms with van der Waals surface area (Å²) in [6.07, 6.45) is -3.58. The summed E-state index contributed by atoms with van der Waals surface area (Å²) in [5.74, 6) is -0.535. The van der Waals surface area contributed by atoms with E-state index in [0.717, 1.165) is 5.56 Å². The van der Waals surface area contributed by atoms with Gasteiger partial charge in [-0.1, -0.05) is 30.3 Å². The fourth-order valence-electron chi connectivity index (χ4n) is 4.89. The van der Waals surface area contributed by atoms with Crippen LogP contribution >= 0.6 is 0 Å². The zero-order valence-electron chi connectivity index (χ0n) is 24.4. The third kappa shape index (κ3) is 9.13. The Morgan fingerprint density at radius 3 is 2.34 bits per heavy atom. The van der Waals surface area contributed by atoms with E-state index in [1.165, 1.54) is 24.3 Å². The van der Waals surface area contributed by atoms with Gasteiger partial charge in [0, 0.05) is 49.8 Å². The Balaban J connectivity index is 1.34. The first kappa shape index (κ1) is 32.2. The van der Waals surface area contributed by atoms with E-state index >= 15 is 0 Å². The van der Waals surface area contributed by atoms with E-state index in [4.69, 9.17) is 9.47 Å². The lowest BCUT2D eigenvalue weighted by molar-refractivity contribution is -0.274. The molecule has 3 aromatic rings. The van der Waals surface area contributed by atoms with Crippen LogP contribution in [0.3, 0.4) is 0 Å². The molecule has 0 atom stereocenters. The number of halogens is 3. The third-order valence-corrected chi connectivity index (χ3v) is 6.93. The highest BCUT2D eigenvalue weighted by Gasteiger charge is 2.31. The van der Waals surface area contributed by atoms with Crippen molar-refractivity contribution in [3.8, 4) is 22.6 Å². The van der Waals surface area contributed by atoms with E-state index in [1.54, 1.807) is 48.2 Å². The van der Waals surface area contributed by atoms with Crippen LogP contribution in [0, 0.1) is 6.92 Å². The molecule has 1 saturated heterocycles. The Kier molecular flexibility index (Phi) is 10.7. The van der Waals surface area contributed by atoms with Crippen molar-refractivity contribution in [1.82, 2.24) is 10.2 Å². The van der Waals surface area contributed by atoms with Gasteiger partial charge >= 0.3 is 18.4 Å². The van der Waals surface area contributed by atoms with Crippen molar-refractivity contribution in [2.75, 3.05) is 31.6 Å². The lowest BCUT2D eigenvalue weighted by atomic mass is 9.94. The highest BCUT2D eigenvalue weighted by molar-refractivity contribution is 6.09. The number of carbonyl (C=O) groups is 3. The van der Waals surface area contributed by atoms with Crippen molar-refractivity contribution < 1.29 is 41.8 Å². The number of piperidine rings is 1. The van der Waals surface area contributed by atoms with Gasteiger partial charge < -0.3 is 29.7 Å². The molecule has 0 bridgehead atoms. The lowest BCUT2D eigenvalue weighted by Gasteiger charge is -2.32. The fourth-order valence-corrected chi connectivity index (χ4v) is 4.89. The van der Waals surface area contributed by atoms with Crippen molar-refractivity contribution in [3.63, 3.8) is 0 Å². The molecule has 3 aromatic carbocycles. The smallest absolute Gasteiger partial charge is 0.490 e. The summed E-state index contributed by atoms with van der Waals surface area (Å²) in [6, 6.07) is 17.3. The molecule has 44 heavy (non-hydrogen) atoms. The van der Waals surface area contributed by atoms with Gasteiger partial charge in [-0.15, -0.1) is 13.2 Å². The summed E-state index contributed by atoms with van der Waals surface area (Å²) >= 11 is 0. The Labute approximate surface area is 253 Å². The molecule has 2 N–H and O–H groups in total. The number of ether oxygens (including phenoxy) is 3. The maximum Gasteiger partial charge on any atom is 0.573 e. The zero-order chi connectivity index (χ0) is 31.7. The molecular weight excluding hydrogens is 579 g/mol. The largest absolute Gasteiger partial charge is 0.573 e. The van der Waals surface area contributed by atoms with Crippen LogP contribution in [0.15, 0.2) is 66.7 Å². The Morgan fingerprint density at radius 2 is 1.66 bits per heavy atom. The summed E-state index contributed by atoms with van der Waals surface area (Å²) in [6.45, 7) is 5.04. The quantitative estimate of drug-likeness (QED) is 0.259. The standard InChI is InChI=1S/C32H34F3N3O6/c1-3-42-28(39)14-17-36-31(41)38-18-15-24(16-19-38)43-26-8-5-7-23(20-26)37-30(40)27-9-4-6-21(2)29(27)22-10-12-25(13-11-22)44-32(33,34)35/h4-13,20,24H,3,14-19H2,1-2H3,(H,36,41)(H,37,40). The molecule has 234 valence electrons. The second-order valence-corrected chi connectivity index (χ2v) is 10.1. The van der Waals surface area contributed by atoms with Gasteiger partial charge in [-0.05, 0) is 60.9 Å². The molecule has 0 aliphatic carbocycles. The van der Waals surface area contributed by atoms with Gasteiger partial charge in [-0.25, -0.2) is 4.79 Å². The Morgan fingerprint density at radius 1 is 0.955 bits per heavy atom. The van der Waals surface area contributed by atoms with Gasteiger partial charge in [0.05, 0.1) is 13.0 Å². The molecule has 4 rings (SSSR count). The van der Waals surface area contributed by atoms with Gasteiger partial charge in [0.1, 0.15) is 17.6 Å². The Bertz CT molecular complexity index is 1450. The van der Waals surface area contributed by atoms with E-state index in [-0.39, 0.29) is 36.8 Å². The minimum atomic E-state index is -4.80. The number of rotatable bonds is 10. The van der Waals surface area contributed by atoms with Crippen LogP contribution < -0.4 is 20.1 Å². The number of nitrogens with one attached hydrogen (secondary N) is 2. The van der Waals surface area contributed by atoms with Crippen molar-refractivity contribution in [2.45, 2.75) is 45.6 Å². The van der Waals surface area contributed by atoms with E-state index in [9.17, 15) is 27.6 Å². The number of carbonyl (C=O) groups excluding carboxylic acids is 3. The van der Waals surface area contributed by atoms with Gasteiger partial charge in [0.2, 0.25) is 0 Å². The highest BCUT2D eigenvalue weighted by Crippen LogP contribution is 2.32. The lowest BCUT2D eigenvalue weighted by Crippen LogP contribution is -2.46. The SMILES string of the molecule is CCOC(=O)CCNC(=O)N1CCC(Oc2cccc(NC(=O)c3cccc(C)c3-c3ccc(OC(F)(F)F)cc3)c2)CC1. The van der Waals surface area contributed by atoms with Crippen LogP contribution in [0.2, 0.25) is 0 Å². The second-order valence-electron chi connectivity index (χ2n) is 10.1. The predicted molar refractivity (Wildman–Crippen MR) is 158 cm³/mol. The Hall–Kier alpha value is -4.74. The van der Waals surface area contributed by atoms with Crippen molar-refractivity contribution in [1.29, 1.82) is 0 Å². The number of hydrogen-bond acceptors (Lipinski definition) is 6. The van der Waals surface area contributed by atoms with Crippen LogP contribution in [0.1, 0.15) is 42.1 Å². The first-order valence-electron chi connectivity index (χ1n) is 14.2. The van der Waals surface area contributed by atoms with Crippen LogP contribution in [-0.4, -0.2) is 61.5 Å². The van der Waals surface area contributed by atoms with Gasteiger partial charge in [-0.3, -0.25) is 9.59 Å². The van der Waals surface area contributed by atoms with Gasteiger partial charge in [-0.2, -0.15) is 0 Å². The van der Waals surface area contributed by atoms with Crippen LogP contribution in [-0.2, 0) is 9.53 Å². The summed E-state index contributed by atoms with van der Waals surface area (Å²) in [4.78, 5) is 38.9. The van der Waals surface area contributed by atoms with Crippen molar-refractivity contribution in [3.05, 3.63) is 77.9 Å². The molecule has 12 heteroatoms. The van der Waals surface area contributed by atoms with Gasteiger partial charge in [0.15, 0.2) is 0 Å². The third-order valence-electron chi connectivity index (χ3n) is 6.93. The molecular formula is C32H34F3N3O6. The maximum atomic E-state index is 13.4. The van der Waals surface area contributed by atoms with E-state index < -0.39 is 12.3 Å². The summed E-state index contributed by atoms with van der Waals surface area (Å²) < 4.78 is 52.7. The molecule has 0 unspecified atom stereocenters. The number of anilines is 1. The van der Waals surface area contributed by atoms with Gasteiger partial charge in [0.25, 0.3) is 5.91 Å². The van der Waals surface area contributed by atoms with E-state index in [2.05, 4.69) is 15.4 Å². The number of nitrogens with zero attached hydrogens (tertiary/aromatic N) is 1. The number of alkyl halides is 3. The maximum absolute atomic E-state index is 13.4. The fraction of sp³-hybridized carbons (Fsp3) is 0.344. The molecule has 0 aromatic heterocycles. The number of esters is 1. The number of likely N-dealkylation sites (tertiary alicyclic amines) is 1. The van der Waals surface area contributed by atoms with Crippen LogP contribution in [0.5, 0.6) is 11.5 Å². The molecule has 1 fully saturated rings. The number of benzene rings is 3. The summed E-state index contributed by atoms with van der Waals surface area (Å²) in [5, 5.41) is 5.62. The molecule has 9 nitrogen and oxygen atoms in total. The zero-order valence-corrected chi connectivity index (χ0v) is 24.4. The summed E-state index contributed by atoms with van der Waals surface area (Å²) in [7, 11) is 0. The second kappa shape index (κ2) is 14.6. The number of urea groups is 1. The minimum absolute atomic E-state index is 0.116. The molecule has 0 saturated carbocycles. The molecule has 1 heterocycles. The number of amides is 3. The molecule has 1 aliphatic rings. The minimum Gasteiger partial charge on any atom is -0.490 e. The van der Waals surface area contributed by atoms with Crippen LogP contribution in [0.25, 0.3) is 11.1 Å². The molecule has 0 radical (unpaired) electrons. The van der Waals surface area contributed by atoms with E-state index in [1.807, 2.05) is 13.0 Å². The van der Waals surface area contributed by atoms with Crippen molar-refractivity contribution >= 4 is 23.6 Å². The first-order chi connectivity index (χ1) is 21.0. The molecule has 3 amide bonds. The summed E-state index contributed by atoms with van der Waals surface area (Å²) in [5.41, 5.74) is 2.80.